The maximum atomic E-state index is 11.8. The maximum absolute atomic E-state index is 11.8. The van der Waals surface area contributed by atoms with Gasteiger partial charge in [0, 0.05) is 19.5 Å². The molecule has 0 spiro atoms. The summed E-state index contributed by atoms with van der Waals surface area (Å²) in [5.41, 5.74) is 0.900. The summed E-state index contributed by atoms with van der Waals surface area (Å²) in [5.74, 6) is -0.235. The molecule has 1 aromatic carbocycles. The van der Waals surface area contributed by atoms with Crippen LogP contribution < -0.4 is 15.4 Å². The molecule has 126 valence electrons. The SMILES string of the molecule is CNCCCC(=O)NCCS(=O)(=O)NCc1ccccc1.Cl. The lowest BCUT2D eigenvalue weighted by Crippen LogP contribution is -2.34. The zero-order valence-corrected chi connectivity index (χ0v) is 14.3. The Morgan fingerprint density at radius 3 is 2.45 bits per heavy atom. The molecule has 0 aliphatic carbocycles. The molecule has 0 aliphatic heterocycles. The van der Waals surface area contributed by atoms with Crippen molar-refractivity contribution in [1.29, 1.82) is 0 Å². The van der Waals surface area contributed by atoms with Crippen molar-refractivity contribution in [2.24, 2.45) is 0 Å². The van der Waals surface area contributed by atoms with Crippen LogP contribution in [0.3, 0.4) is 0 Å². The number of halogens is 1. The van der Waals surface area contributed by atoms with E-state index in [1.807, 2.05) is 37.4 Å². The molecule has 0 fully saturated rings. The predicted octanol–water partition coefficient (Wildman–Crippen LogP) is 0.644. The Bertz CT molecular complexity index is 523. The number of benzene rings is 1. The van der Waals surface area contributed by atoms with Gasteiger partial charge >= 0.3 is 0 Å². The topological polar surface area (TPSA) is 87.3 Å². The predicted molar refractivity (Wildman–Crippen MR) is 90.5 cm³/mol. The van der Waals surface area contributed by atoms with Crippen LogP contribution in [-0.2, 0) is 21.4 Å². The van der Waals surface area contributed by atoms with Crippen molar-refractivity contribution in [1.82, 2.24) is 15.4 Å². The van der Waals surface area contributed by atoms with Crippen LogP contribution in [0.15, 0.2) is 30.3 Å². The Kier molecular flexibility index (Phi) is 10.8. The lowest BCUT2D eigenvalue weighted by molar-refractivity contribution is -0.121. The molecule has 3 N–H and O–H groups in total. The summed E-state index contributed by atoms with van der Waals surface area (Å²) in [6, 6.07) is 9.30. The van der Waals surface area contributed by atoms with E-state index in [4.69, 9.17) is 0 Å². The van der Waals surface area contributed by atoms with Crippen LogP contribution in [0.4, 0.5) is 0 Å². The van der Waals surface area contributed by atoms with E-state index in [0.717, 1.165) is 18.5 Å². The van der Waals surface area contributed by atoms with Crippen molar-refractivity contribution in [2.75, 3.05) is 25.9 Å². The highest BCUT2D eigenvalue weighted by Crippen LogP contribution is 1.98. The summed E-state index contributed by atoms with van der Waals surface area (Å²) in [5, 5.41) is 5.56. The van der Waals surface area contributed by atoms with Gasteiger partial charge in [-0.2, -0.15) is 0 Å². The van der Waals surface area contributed by atoms with Crippen molar-refractivity contribution in [3.63, 3.8) is 0 Å². The third kappa shape index (κ3) is 9.73. The summed E-state index contributed by atoms with van der Waals surface area (Å²) in [7, 11) is -1.56. The summed E-state index contributed by atoms with van der Waals surface area (Å²) in [6.45, 7) is 1.16. The quantitative estimate of drug-likeness (QED) is 0.541. The Hall–Kier alpha value is -1.15. The molecule has 22 heavy (non-hydrogen) atoms. The van der Waals surface area contributed by atoms with Gasteiger partial charge in [0.1, 0.15) is 0 Å². The third-order valence-corrected chi connectivity index (χ3v) is 4.19. The molecule has 0 saturated heterocycles. The first kappa shape index (κ1) is 20.9. The van der Waals surface area contributed by atoms with Crippen molar-refractivity contribution < 1.29 is 13.2 Å². The zero-order valence-electron chi connectivity index (χ0n) is 12.7. The van der Waals surface area contributed by atoms with E-state index < -0.39 is 10.0 Å². The standard InChI is InChI=1S/C14H23N3O3S.ClH/c1-15-9-5-8-14(18)16-10-11-21(19,20)17-12-13-6-3-2-4-7-13;/h2-4,6-7,15,17H,5,8-12H2,1H3,(H,16,18);1H. The van der Waals surface area contributed by atoms with Gasteiger partial charge in [0.25, 0.3) is 0 Å². The number of nitrogens with one attached hydrogen (secondary N) is 3. The van der Waals surface area contributed by atoms with E-state index in [1.54, 1.807) is 0 Å². The molecule has 0 aliphatic rings. The minimum atomic E-state index is -3.38. The van der Waals surface area contributed by atoms with Gasteiger partial charge in [0.2, 0.25) is 15.9 Å². The number of hydrogen-bond donors (Lipinski definition) is 3. The molecule has 0 radical (unpaired) electrons. The van der Waals surface area contributed by atoms with E-state index in [2.05, 4.69) is 15.4 Å². The maximum Gasteiger partial charge on any atom is 0.220 e. The molecule has 6 nitrogen and oxygen atoms in total. The molecule has 0 bridgehead atoms. The second kappa shape index (κ2) is 11.4. The summed E-state index contributed by atoms with van der Waals surface area (Å²) in [6.07, 6.45) is 1.14. The second-order valence-corrected chi connectivity index (χ2v) is 6.61. The Labute approximate surface area is 138 Å². The number of rotatable bonds is 10. The van der Waals surface area contributed by atoms with Crippen LogP contribution in [0.2, 0.25) is 0 Å². The summed E-state index contributed by atoms with van der Waals surface area (Å²) in [4.78, 5) is 11.4. The van der Waals surface area contributed by atoms with E-state index in [9.17, 15) is 13.2 Å². The monoisotopic (exact) mass is 349 g/mol. The first-order chi connectivity index (χ1) is 10.0. The van der Waals surface area contributed by atoms with Crippen LogP contribution in [-0.4, -0.2) is 40.2 Å². The van der Waals surface area contributed by atoms with Crippen LogP contribution in [0, 0.1) is 0 Å². The zero-order chi connectivity index (χ0) is 15.6. The van der Waals surface area contributed by atoms with Crippen molar-refractivity contribution >= 4 is 28.3 Å². The third-order valence-electron chi connectivity index (χ3n) is 2.86. The molecule has 0 heterocycles. The van der Waals surface area contributed by atoms with E-state index in [-0.39, 0.29) is 37.2 Å². The van der Waals surface area contributed by atoms with Crippen LogP contribution in [0.1, 0.15) is 18.4 Å². The first-order valence-corrected chi connectivity index (χ1v) is 8.61. The van der Waals surface area contributed by atoms with Gasteiger partial charge in [-0.3, -0.25) is 4.79 Å². The van der Waals surface area contributed by atoms with Crippen molar-refractivity contribution in [3.8, 4) is 0 Å². The molecule has 1 rings (SSSR count). The van der Waals surface area contributed by atoms with Gasteiger partial charge in [0.05, 0.1) is 5.75 Å². The Morgan fingerprint density at radius 1 is 1.14 bits per heavy atom. The Balaban J connectivity index is 0.00000441. The summed E-state index contributed by atoms with van der Waals surface area (Å²) >= 11 is 0. The smallest absolute Gasteiger partial charge is 0.220 e. The molecule has 1 amide bonds. The lowest BCUT2D eigenvalue weighted by Gasteiger charge is -2.08. The molecule has 0 unspecified atom stereocenters. The highest BCUT2D eigenvalue weighted by molar-refractivity contribution is 7.89. The highest BCUT2D eigenvalue weighted by Gasteiger charge is 2.10. The fourth-order valence-electron chi connectivity index (χ4n) is 1.70. The highest BCUT2D eigenvalue weighted by atomic mass is 35.5. The number of carbonyl (C=O) groups excluding carboxylic acids is 1. The van der Waals surface area contributed by atoms with Crippen LogP contribution in [0.25, 0.3) is 0 Å². The lowest BCUT2D eigenvalue weighted by atomic mass is 10.2. The van der Waals surface area contributed by atoms with Gasteiger partial charge in [-0.15, -0.1) is 12.4 Å². The van der Waals surface area contributed by atoms with E-state index in [0.29, 0.717) is 6.42 Å². The normalized spacial score (nSPS) is 10.8. The molecule has 0 atom stereocenters. The first-order valence-electron chi connectivity index (χ1n) is 6.96. The van der Waals surface area contributed by atoms with Gasteiger partial charge in [0.15, 0.2) is 0 Å². The number of sulfonamides is 1. The van der Waals surface area contributed by atoms with Gasteiger partial charge in [-0.05, 0) is 25.6 Å². The van der Waals surface area contributed by atoms with Crippen LogP contribution in [0.5, 0.6) is 0 Å². The molecule has 0 saturated carbocycles. The van der Waals surface area contributed by atoms with Gasteiger partial charge in [-0.25, -0.2) is 13.1 Å². The molecule has 1 aromatic rings. The van der Waals surface area contributed by atoms with Gasteiger partial charge < -0.3 is 10.6 Å². The molecule has 8 heteroatoms. The molecular weight excluding hydrogens is 326 g/mol. The van der Waals surface area contributed by atoms with E-state index in [1.165, 1.54) is 0 Å². The molecular formula is C14H24ClN3O3S. The minimum Gasteiger partial charge on any atom is -0.355 e. The molecule has 0 aromatic heterocycles. The van der Waals surface area contributed by atoms with E-state index >= 15 is 0 Å². The average molecular weight is 350 g/mol. The Morgan fingerprint density at radius 2 is 1.82 bits per heavy atom. The average Bonchev–Trinajstić information content (AvgIpc) is 2.46. The number of hydrogen-bond acceptors (Lipinski definition) is 4. The second-order valence-electron chi connectivity index (χ2n) is 4.68. The van der Waals surface area contributed by atoms with Crippen molar-refractivity contribution in [2.45, 2.75) is 19.4 Å². The van der Waals surface area contributed by atoms with Crippen molar-refractivity contribution in [3.05, 3.63) is 35.9 Å². The minimum absolute atomic E-state index is 0. The fourth-order valence-corrected chi connectivity index (χ4v) is 2.60. The summed E-state index contributed by atoms with van der Waals surface area (Å²) < 4.78 is 26.1. The largest absolute Gasteiger partial charge is 0.355 e. The fraction of sp³-hybridized carbons (Fsp3) is 0.500. The van der Waals surface area contributed by atoms with Crippen LogP contribution >= 0.6 is 12.4 Å². The van der Waals surface area contributed by atoms with Gasteiger partial charge in [-0.1, -0.05) is 30.3 Å². The number of carbonyl (C=O) groups is 1. The number of amides is 1.